The predicted octanol–water partition coefficient (Wildman–Crippen LogP) is 6.57. The van der Waals surface area contributed by atoms with Gasteiger partial charge in [0.2, 0.25) is 0 Å². The summed E-state index contributed by atoms with van der Waals surface area (Å²) in [4.78, 5) is 15.5. The minimum absolute atomic E-state index is 0.0292. The van der Waals surface area contributed by atoms with Crippen LogP contribution in [0.2, 0.25) is 13.1 Å². The molecule has 2 aliphatic rings. The van der Waals surface area contributed by atoms with Crippen molar-refractivity contribution in [3.05, 3.63) is 90.7 Å². The minimum Gasteiger partial charge on any atom is -0.446 e. The van der Waals surface area contributed by atoms with E-state index in [9.17, 15) is 4.79 Å². The lowest BCUT2D eigenvalue weighted by Crippen LogP contribution is -2.60. The fourth-order valence-electron chi connectivity index (χ4n) is 5.63. The van der Waals surface area contributed by atoms with E-state index in [-0.39, 0.29) is 23.3 Å². The molecule has 1 aliphatic carbocycles. The molecule has 2 unspecified atom stereocenters. The Hall–Kier alpha value is -2.59. The van der Waals surface area contributed by atoms with E-state index in [4.69, 9.17) is 4.74 Å². The maximum atomic E-state index is 13.6. The summed E-state index contributed by atoms with van der Waals surface area (Å²) in [6.07, 6.45) is 12.1. The van der Waals surface area contributed by atoms with E-state index >= 15 is 0 Å². The fraction of sp³-hybridized carbons (Fsp3) is 0.414. The maximum Gasteiger partial charge on any atom is 0.414 e. The molecule has 2 aromatic carbocycles. The Balaban J connectivity index is 1.55. The molecule has 1 aliphatic heterocycles. The third kappa shape index (κ3) is 4.86. The summed E-state index contributed by atoms with van der Waals surface area (Å²) < 4.78 is 6.34. The summed E-state index contributed by atoms with van der Waals surface area (Å²) in [6.45, 7) is 9.27. The molecule has 0 N–H and O–H groups in total. The lowest BCUT2D eigenvalue weighted by atomic mass is 9.66. The van der Waals surface area contributed by atoms with Crippen molar-refractivity contribution in [1.82, 2.24) is 4.90 Å². The number of carbonyl (C=O) groups is 1. The number of amides is 1. The Bertz CT molecular complexity index is 997. The monoisotopic (exact) mass is 459 g/mol. The fourth-order valence-corrected chi connectivity index (χ4v) is 8.51. The number of allylic oxidation sites excluding steroid dienone is 2. The van der Waals surface area contributed by atoms with Crippen LogP contribution in [0, 0.1) is 5.92 Å². The largest absolute Gasteiger partial charge is 0.446 e. The number of carbonyl (C=O) groups excluding carboxylic acids is 1. The van der Waals surface area contributed by atoms with Crippen LogP contribution < -0.4 is 5.19 Å². The lowest BCUT2D eigenvalue weighted by Gasteiger charge is -2.44. The zero-order valence-corrected chi connectivity index (χ0v) is 21.4. The molecule has 2 aromatic rings. The van der Waals surface area contributed by atoms with E-state index < -0.39 is 8.07 Å². The van der Waals surface area contributed by atoms with Crippen LogP contribution in [0.3, 0.4) is 0 Å². The Labute approximate surface area is 200 Å². The van der Waals surface area contributed by atoms with Crippen LogP contribution in [0.15, 0.2) is 85.1 Å². The molecule has 0 saturated heterocycles. The first-order valence-electron chi connectivity index (χ1n) is 12.3. The van der Waals surface area contributed by atoms with Gasteiger partial charge < -0.3 is 4.74 Å². The van der Waals surface area contributed by atoms with Gasteiger partial charge in [-0.2, -0.15) is 0 Å². The van der Waals surface area contributed by atoms with Gasteiger partial charge in [0.1, 0.15) is 14.2 Å². The number of hydrogen-bond donors (Lipinski definition) is 0. The standard InChI is InChI=1S/C29H37NO2Si/c1-29(2,23-15-7-5-8-16-23)25-19-11-12-20-26(25)32-28(31)30-22-14-13-21-27(30)33(3,4)24-17-9-6-10-18-24/h5-10,13-18,21-22,25-27H,11-12,19-20H2,1-4H3/t25?,26?,27-/m1/s1. The first-order chi connectivity index (χ1) is 15.8. The van der Waals surface area contributed by atoms with Crippen molar-refractivity contribution >= 4 is 19.4 Å². The maximum absolute atomic E-state index is 13.6. The van der Waals surface area contributed by atoms with E-state index in [0.29, 0.717) is 5.92 Å². The van der Waals surface area contributed by atoms with Crippen molar-refractivity contribution < 1.29 is 9.53 Å². The van der Waals surface area contributed by atoms with Gasteiger partial charge in [0.15, 0.2) is 0 Å². The molecule has 0 radical (unpaired) electrons. The normalized spacial score (nSPS) is 23.4. The van der Waals surface area contributed by atoms with E-state index in [1.165, 1.54) is 17.2 Å². The molecule has 33 heavy (non-hydrogen) atoms. The number of ether oxygens (including phenoxy) is 1. The average molecular weight is 460 g/mol. The van der Waals surface area contributed by atoms with Crippen LogP contribution >= 0.6 is 0 Å². The highest BCUT2D eigenvalue weighted by Gasteiger charge is 2.43. The smallest absolute Gasteiger partial charge is 0.414 e. The Kier molecular flexibility index (Phi) is 6.94. The van der Waals surface area contributed by atoms with Crippen molar-refractivity contribution in [3.8, 4) is 0 Å². The second kappa shape index (κ2) is 9.72. The molecule has 1 fully saturated rings. The number of benzene rings is 2. The van der Waals surface area contributed by atoms with Crippen LogP contribution in [0.4, 0.5) is 4.79 Å². The Morgan fingerprint density at radius 1 is 0.939 bits per heavy atom. The summed E-state index contributed by atoms with van der Waals surface area (Å²) in [5.41, 5.74) is 1.29. The molecule has 174 valence electrons. The molecule has 0 aromatic heterocycles. The molecule has 1 saturated carbocycles. The highest BCUT2D eigenvalue weighted by atomic mass is 28.3. The minimum atomic E-state index is -1.99. The number of nitrogens with zero attached hydrogens (tertiary/aromatic N) is 1. The van der Waals surface area contributed by atoms with E-state index in [2.05, 4.69) is 93.7 Å². The lowest BCUT2D eigenvalue weighted by molar-refractivity contribution is -0.00152. The van der Waals surface area contributed by atoms with Crippen molar-refractivity contribution in [2.75, 3.05) is 0 Å². The third-order valence-electron chi connectivity index (χ3n) is 7.82. The van der Waals surface area contributed by atoms with Gasteiger partial charge in [-0.1, -0.05) is 111 Å². The predicted molar refractivity (Wildman–Crippen MR) is 139 cm³/mol. The number of hydrogen-bond acceptors (Lipinski definition) is 2. The Morgan fingerprint density at radius 2 is 1.58 bits per heavy atom. The SMILES string of the molecule is CC(C)(c1ccccc1)C1CCCCC1OC(=O)N1C=CC=C[C@H]1[Si](C)(C)c1ccccc1. The number of rotatable bonds is 5. The van der Waals surface area contributed by atoms with Gasteiger partial charge in [-0.15, -0.1) is 0 Å². The summed E-state index contributed by atoms with van der Waals surface area (Å²) in [5, 5.41) is 1.34. The third-order valence-corrected chi connectivity index (χ3v) is 11.6. The summed E-state index contributed by atoms with van der Waals surface area (Å²) >= 11 is 0. The van der Waals surface area contributed by atoms with Crippen LogP contribution in [0.25, 0.3) is 0 Å². The van der Waals surface area contributed by atoms with Gasteiger partial charge in [-0.05, 0) is 36.3 Å². The van der Waals surface area contributed by atoms with Crippen LogP contribution in [0.1, 0.15) is 45.1 Å². The average Bonchev–Trinajstić information content (AvgIpc) is 2.85. The quantitative estimate of drug-likeness (QED) is 0.473. The summed E-state index contributed by atoms with van der Waals surface area (Å²) in [7, 11) is -1.99. The van der Waals surface area contributed by atoms with Crippen molar-refractivity contribution in [2.45, 2.75) is 69.8 Å². The van der Waals surface area contributed by atoms with E-state index in [1.54, 1.807) is 0 Å². The van der Waals surface area contributed by atoms with Crippen LogP contribution in [-0.4, -0.2) is 30.8 Å². The molecule has 0 bridgehead atoms. The second-order valence-corrected chi connectivity index (χ2v) is 15.2. The molecule has 1 heterocycles. The molecule has 4 heteroatoms. The molecule has 3 nitrogen and oxygen atoms in total. The zero-order chi connectivity index (χ0) is 23.5. The molecular weight excluding hydrogens is 422 g/mol. The topological polar surface area (TPSA) is 29.5 Å². The van der Waals surface area contributed by atoms with Gasteiger partial charge >= 0.3 is 6.09 Å². The second-order valence-electron chi connectivity index (χ2n) is 10.6. The van der Waals surface area contributed by atoms with E-state index in [1.807, 2.05) is 23.2 Å². The van der Waals surface area contributed by atoms with Gasteiger partial charge in [0.05, 0.1) is 5.67 Å². The summed E-state index contributed by atoms with van der Waals surface area (Å²) in [6, 6.07) is 21.3. The molecule has 4 rings (SSSR count). The van der Waals surface area contributed by atoms with Crippen LogP contribution in [-0.2, 0) is 10.2 Å². The van der Waals surface area contributed by atoms with Crippen molar-refractivity contribution in [1.29, 1.82) is 0 Å². The van der Waals surface area contributed by atoms with Gasteiger partial charge in [0.25, 0.3) is 0 Å². The van der Waals surface area contributed by atoms with E-state index in [0.717, 1.165) is 19.3 Å². The molecule has 1 amide bonds. The zero-order valence-electron chi connectivity index (χ0n) is 20.4. The van der Waals surface area contributed by atoms with Crippen molar-refractivity contribution in [3.63, 3.8) is 0 Å². The molecule has 3 atom stereocenters. The highest BCUT2D eigenvalue weighted by molar-refractivity contribution is 6.91. The Morgan fingerprint density at radius 3 is 2.27 bits per heavy atom. The highest BCUT2D eigenvalue weighted by Crippen LogP contribution is 2.42. The van der Waals surface area contributed by atoms with Crippen molar-refractivity contribution in [2.24, 2.45) is 5.92 Å². The molecular formula is C29H37NO2Si. The molecule has 0 spiro atoms. The van der Waals surface area contributed by atoms with Gasteiger partial charge in [-0.3, -0.25) is 4.90 Å². The van der Waals surface area contributed by atoms with Gasteiger partial charge in [-0.25, -0.2) is 4.79 Å². The van der Waals surface area contributed by atoms with Gasteiger partial charge in [0, 0.05) is 12.1 Å². The first-order valence-corrected chi connectivity index (χ1v) is 15.3. The first kappa shape index (κ1) is 23.6. The summed E-state index contributed by atoms with van der Waals surface area (Å²) in [5.74, 6) is 0.305. The van der Waals surface area contributed by atoms with Crippen LogP contribution in [0.5, 0.6) is 0 Å².